The molecule has 2 aromatic rings. The van der Waals surface area contributed by atoms with E-state index in [1.807, 2.05) is 24.3 Å². The van der Waals surface area contributed by atoms with Gasteiger partial charge in [0.15, 0.2) is 0 Å². The molecule has 0 spiro atoms. The predicted octanol–water partition coefficient (Wildman–Crippen LogP) is 1.15. The number of pyridine rings is 1. The summed E-state index contributed by atoms with van der Waals surface area (Å²) in [5.41, 5.74) is 8.48. The molecule has 1 aliphatic rings. The van der Waals surface area contributed by atoms with E-state index in [1.165, 1.54) is 6.20 Å². The molecule has 0 saturated carbocycles. The zero-order chi connectivity index (χ0) is 17.5. The van der Waals surface area contributed by atoms with Crippen molar-refractivity contribution in [3.63, 3.8) is 0 Å². The Morgan fingerprint density at radius 2 is 1.92 bits per heavy atom. The van der Waals surface area contributed by atoms with Crippen molar-refractivity contribution in [2.24, 2.45) is 5.73 Å². The molecular weight excluding hydrogens is 310 g/mol. The van der Waals surface area contributed by atoms with Gasteiger partial charge in [-0.2, -0.15) is 0 Å². The van der Waals surface area contributed by atoms with E-state index in [4.69, 9.17) is 15.6 Å². The smallest absolute Gasteiger partial charge is 0.290 e. The van der Waals surface area contributed by atoms with Crippen LogP contribution in [0.1, 0.15) is 28.3 Å². The fourth-order valence-electron chi connectivity index (χ4n) is 2.48. The number of carbonyl (C=O) groups is 3. The number of rotatable bonds is 3. The highest BCUT2D eigenvalue weighted by Crippen LogP contribution is 2.25. The summed E-state index contributed by atoms with van der Waals surface area (Å²) in [7, 11) is 0. The Bertz CT molecular complexity index is 727. The quantitative estimate of drug-likeness (QED) is 0.730. The molecule has 1 aromatic heterocycles. The maximum Gasteiger partial charge on any atom is 0.290 e. The van der Waals surface area contributed by atoms with Crippen molar-refractivity contribution in [2.75, 3.05) is 6.54 Å². The predicted molar refractivity (Wildman–Crippen MR) is 87.3 cm³/mol. The van der Waals surface area contributed by atoms with E-state index in [9.17, 15) is 9.59 Å². The second-order valence-electron chi connectivity index (χ2n) is 5.23. The molecule has 1 aliphatic heterocycles. The third kappa shape index (κ3) is 4.16. The van der Waals surface area contributed by atoms with Crippen LogP contribution >= 0.6 is 0 Å². The van der Waals surface area contributed by atoms with Crippen molar-refractivity contribution in [1.82, 2.24) is 10.3 Å². The molecule has 1 fully saturated rings. The summed E-state index contributed by atoms with van der Waals surface area (Å²) >= 11 is 0. The SMILES string of the molecule is NC(=O)c1ccc(-c2ccc(C3CNC(=O)C3)cc2)nc1.O=CO. The van der Waals surface area contributed by atoms with Gasteiger partial charge in [0.05, 0.1) is 11.3 Å². The molecule has 7 nitrogen and oxygen atoms in total. The molecule has 0 aliphatic carbocycles. The van der Waals surface area contributed by atoms with E-state index in [1.54, 1.807) is 12.1 Å². The minimum Gasteiger partial charge on any atom is -0.483 e. The summed E-state index contributed by atoms with van der Waals surface area (Å²) < 4.78 is 0. The highest BCUT2D eigenvalue weighted by atomic mass is 16.3. The van der Waals surface area contributed by atoms with E-state index in [-0.39, 0.29) is 18.3 Å². The van der Waals surface area contributed by atoms with Gasteiger partial charge < -0.3 is 16.2 Å². The molecule has 3 rings (SSSR count). The first-order chi connectivity index (χ1) is 11.5. The maximum absolute atomic E-state index is 11.2. The van der Waals surface area contributed by atoms with Crippen molar-refractivity contribution in [3.05, 3.63) is 53.7 Å². The van der Waals surface area contributed by atoms with Crippen LogP contribution in [0.3, 0.4) is 0 Å². The highest BCUT2D eigenvalue weighted by molar-refractivity contribution is 5.92. The van der Waals surface area contributed by atoms with Gasteiger partial charge in [-0.3, -0.25) is 19.4 Å². The number of nitrogens with two attached hydrogens (primary N) is 1. The van der Waals surface area contributed by atoms with Crippen LogP contribution in [0.4, 0.5) is 0 Å². The second-order valence-corrected chi connectivity index (χ2v) is 5.23. The Labute approximate surface area is 138 Å². The Balaban J connectivity index is 0.000000647. The Morgan fingerprint density at radius 3 is 2.38 bits per heavy atom. The van der Waals surface area contributed by atoms with Crippen LogP contribution in [0.5, 0.6) is 0 Å². The third-order valence-corrected chi connectivity index (χ3v) is 3.70. The molecule has 1 saturated heterocycles. The summed E-state index contributed by atoms with van der Waals surface area (Å²) in [6, 6.07) is 11.4. The number of aromatic nitrogens is 1. The van der Waals surface area contributed by atoms with Crippen molar-refractivity contribution in [2.45, 2.75) is 12.3 Å². The number of nitrogens with zero attached hydrogens (tertiary/aromatic N) is 1. The molecule has 2 amide bonds. The van der Waals surface area contributed by atoms with Crippen LogP contribution < -0.4 is 11.1 Å². The lowest BCUT2D eigenvalue weighted by atomic mass is 9.96. The minimum atomic E-state index is -0.484. The maximum atomic E-state index is 11.2. The molecule has 24 heavy (non-hydrogen) atoms. The van der Waals surface area contributed by atoms with Gasteiger partial charge in [0.25, 0.3) is 6.47 Å². The van der Waals surface area contributed by atoms with Crippen LogP contribution in [-0.4, -0.2) is 34.9 Å². The van der Waals surface area contributed by atoms with E-state index >= 15 is 0 Å². The van der Waals surface area contributed by atoms with Crippen LogP contribution in [0, 0.1) is 0 Å². The van der Waals surface area contributed by atoms with Gasteiger partial charge in [-0.25, -0.2) is 0 Å². The Hall–Kier alpha value is -3.22. The topological polar surface area (TPSA) is 122 Å². The van der Waals surface area contributed by atoms with Gasteiger partial charge >= 0.3 is 0 Å². The summed E-state index contributed by atoms with van der Waals surface area (Å²) in [6.07, 6.45) is 2.02. The van der Waals surface area contributed by atoms with Gasteiger partial charge in [0.2, 0.25) is 11.8 Å². The molecule has 4 N–H and O–H groups in total. The lowest BCUT2D eigenvalue weighted by Gasteiger charge is -2.08. The number of hydrogen-bond donors (Lipinski definition) is 3. The molecule has 7 heteroatoms. The average Bonchev–Trinajstić information content (AvgIpc) is 3.02. The van der Waals surface area contributed by atoms with Crippen LogP contribution in [0.25, 0.3) is 11.3 Å². The largest absolute Gasteiger partial charge is 0.483 e. The van der Waals surface area contributed by atoms with E-state index in [0.717, 1.165) is 16.8 Å². The zero-order valence-electron chi connectivity index (χ0n) is 12.8. The molecule has 1 aromatic carbocycles. The lowest BCUT2D eigenvalue weighted by molar-refractivity contribution is -0.123. The molecule has 2 heterocycles. The fourth-order valence-corrected chi connectivity index (χ4v) is 2.48. The first kappa shape index (κ1) is 17.1. The first-order valence-electron chi connectivity index (χ1n) is 7.26. The molecule has 0 bridgehead atoms. The van der Waals surface area contributed by atoms with Crippen molar-refractivity contribution < 1.29 is 19.5 Å². The van der Waals surface area contributed by atoms with Crippen LogP contribution in [0.2, 0.25) is 0 Å². The molecule has 1 unspecified atom stereocenters. The Kier molecular flexibility index (Phi) is 5.62. The summed E-state index contributed by atoms with van der Waals surface area (Å²) in [5.74, 6) is -0.132. The molecule has 124 valence electrons. The lowest BCUT2D eigenvalue weighted by Crippen LogP contribution is -2.13. The summed E-state index contributed by atoms with van der Waals surface area (Å²) in [5, 5.41) is 9.73. The van der Waals surface area contributed by atoms with Crippen molar-refractivity contribution in [1.29, 1.82) is 0 Å². The first-order valence-corrected chi connectivity index (χ1v) is 7.26. The summed E-state index contributed by atoms with van der Waals surface area (Å²) in [6.45, 7) is 0.448. The van der Waals surface area contributed by atoms with E-state index < -0.39 is 5.91 Å². The molecule has 1 atom stereocenters. The van der Waals surface area contributed by atoms with Gasteiger partial charge in [0, 0.05) is 30.6 Å². The number of carboxylic acid groups (broad SMARTS) is 1. The van der Waals surface area contributed by atoms with Crippen molar-refractivity contribution >= 4 is 18.3 Å². The molecule has 0 radical (unpaired) electrons. The third-order valence-electron chi connectivity index (χ3n) is 3.70. The fraction of sp³-hybridized carbons (Fsp3) is 0.176. The number of primary amides is 1. The molecular formula is C17H17N3O4. The average molecular weight is 327 g/mol. The second kappa shape index (κ2) is 7.87. The minimum absolute atomic E-state index is 0.104. The summed E-state index contributed by atoms with van der Waals surface area (Å²) in [4.78, 5) is 34.9. The van der Waals surface area contributed by atoms with E-state index in [2.05, 4.69) is 10.3 Å². The van der Waals surface area contributed by atoms with Crippen molar-refractivity contribution in [3.8, 4) is 11.3 Å². The normalized spacial score (nSPS) is 15.8. The number of benzene rings is 1. The van der Waals surface area contributed by atoms with Crippen LogP contribution in [0.15, 0.2) is 42.6 Å². The number of carbonyl (C=O) groups excluding carboxylic acids is 2. The highest BCUT2D eigenvalue weighted by Gasteiger charge is 2.22. The number of hydrogen-bond acceptors (Lipinski definition) is 4. The van der Waals surface area contributed by atoms with Crippen LogP contribution in [-0.2, 0) is 9.59 Å². The van der Waals surface area contributed by atoms with Gasteiger partial charge in [-0.05, 0) is 17.7 Å². The zero-order valence-corrected chi connectivity index (χ0v) is 12.8. The monoisotopic (exact) mass is 327 g/mol. The van der Waals surface area contributed by atoms with Gasteiger partial charge in [-0.15, -0.1) is 0 Å². The van der Waals surface area contributed by atoms with E-state index in [0.29, 0.717) is 18.5 Å². The standard InChI is InChI=1S/C16H15N3O2.CH2O2/c17-16(21)12-5-6-14(18-8-12)11-3-1-10(2-4-11)13-7-15(20)19-9-13;2-1-3/h1-6,8,13H,7,9H2,(H2,17,21)(H,19,20);1H,(H,2,3). The van der Waals surface area contributed by atoms with Gasteiger partial charge in [0.1, 0.15) is 0 Å². The number of nitrogens with one attached hydrogen (secondary N) is 1. The number of amides is 2. The van der Waals surface area contributed by atoms with Gasteiger partial charge in [-0.1, -0.05) is 24.3 Å². The Morgan fingerprint density at radius 1 is 1.25 bits per heavy atom.